The number of aromatic amines is 1. The summed E-state index contributed by atoms with van der Waals surface area (Å²) in [6.07, 6.45) is 7.57. The number of aromatic nitrogens is 4. The minimum absolute atomic E-state index is 0.301. The van der Waals surface area contributed by atoms with Gasteiger partial charge in [-0.25, -0.2) is 0 Å². The van der Waals surface area contributed by atoms with Gasteiger partial charge in [-0.15, -0.1) is 5.10 Å². The van der Waals surface area contributed by atoms with E-state index < -0.39 is 0 Å². The fourth-order valence-electron chi connectivity index (χ4n) is 1.94. The van der Waals surface area contributed by atoms with E-state index >= 15 is 0 Å². The molecule has 0 radical (unpaired) electrons. The van der Waals surface area contributed by atoms with Gasteiger partial charge in [-0.2, -0.15) is 5.26 Å². The molecule has 100 valence electrons. The lowest BCUT2D eigenvalue weighted by Gasteiger charge is -1.99. The summed E-state index contributed by atoms with van der Waals surface area (Å²) >= 11 is 0. The lowest BCUT2D eigenvalue weighted by molar-refractivity contribution is 0.937. The van der Waals surface area contributed by atoms with Gasteiger partial charge < -0.3 is 0 Å². The summed E-state index contributed by atoms with van der Waals surface area (Å²) in [5.74, 6) is 0. The molecule has 1 N–H and O–H groups in total. The van der Waals surface area contributed by atoms with Gasteiger partial charge in [-0.1, -0.05) is 41.6 Å². The van der Waals surface area contributed by atoms with E-state index in [1.54, 1.807) is 12.4 Å². The number of nitrogens with zero attached hydrogens (tertiary/aromatic N) is 4. The maximum atomic E-state index is 8.94. The Labute approximate surface area is 121 Å². The van der Waals surface area contributed by atoms with E-state index in [1.165, 1.54) is 0 Å². The zero-order chi connectivity index (χ0) is 14.5. The lowest BCUT2D eigenvalue weighted by atomic mass is 10.1. The van der Waals surface area contributed by atoms with Gasteiger partial charge in [0.15, 0.2) is 5.69 Å². The predicted octanol–water partition coefficient (Wildman–Crippen LogP) is 2.91. The molecule has 0 aliphatic rings. The Kier molecular flexibility index (Phi) is 3.52. The average Bonchev–Trinajstić information content (AvgIpc) is 3.03. The van der Waals surface area contributed by atoms with E-state index in [-0.39, 0.29) is 0 Å². The molecule has 0 atom stereocenters. The first kappa shape index (κ1) is 12.8. The van der Waals surface area contributed by atoms with Crippen molar-refractivity contribution in [3.05, 3.63) is 65.6 Å². The van der Waals surface area contributed by atoms with Crippen molar-refractivity contribution in [1.82, 2.24) is 20.4 Å². The monoisotopic (exact) mass is 273 g/mol. The smallest absolute Gasteiger partial charge is 0.190 e. The Hall–Kier alpha value is -3.26. The van der Waals surface area contributed by atoms with Crippen molar-refractivity contribution in [2.75, 3.05) is 0 Å². The Morgan fingerprint density at radius 3 is 2.29 bits per heavy atom. The molecule has 0 amide bonds. The SMILES string of the molecule is N#Cc1nn[nH]c1-c1ccc(/C=C/c2ccncc2)cc1. The van der Waals surface area contributed by atoms with Crippen LogP contribution < -0.4 is 0 Å². The van der Waals surface area contributed by atoms with E-state index in [0.717, 1.165) is 16.7 Å². The first-order valence-electron chi connectivity index (χ1n) is 6.36. The van der Waals surface area contributed by atoms with E-state index in [4.69, 9.17) is 5.26 Å². The van der Waals surface area contributed by atoms with Crippen LogP contribution in [0.4, 0.5) is 0 Å². The summed E-state index contributed by atoms with van der Waals surface area (Å²) < 4.78 is 0. The average molecular weight is 273 g/mol. The van der Waals surface area contributed by atoms with Gasteiger partial charge in [0.1, 0.15) is 11.8 Å². The van der Waals surface area contributed by atoms with Crippen LogP contribution in [-0.4, -0.2) is 20.4 Å². The minimum atomic E-state index is 0.301. The summed E-state index contributed by atoms with van der Waals surface area (Å²) in [6.45, 7) is 0. The highest BCUT2D eigenvalue weighted by Gasteiger charge is 2.07. The molecule has 0 saturated heterocycles. The van der Waals surface area contributed by atoms with Crippen LogP contribution in [0.2, 0.25) is 0 Å². The first-order valence-corrected chi connectivity index (χ1v) is 6.36. The standard InChI is InChI=1S/C16H11N5/c17-11-15-16(20-21-19-15)14-5-3-12(4-6-14)1-2-13-7-9-18-10-8-13/h1-10H,(H,19,20,21)/b2-1+. The Morgan fingerprint density at radius 2 is 1.62 bits per heavy atom. The second-order valence-corrected chi connectivity index (χ2v) is 4.38. The van der Waals surface area contributed by atoms with Gasteiger partial charge in [0.25, 0.3) is 0 Å². The topological polar surface area (TPSA) is 78.2 Å². The summed E-state index contributed by atoms with van der Waals surface area (Å²) in [5, 5.41) is 19.1. The molecule has 5 nitrogen and oxygen atoms in total. The van der Waals surface area contributed by atoms with Gasteiger partial charge in [0, 0.05) is 18.0 Å². The van der Waals surface area contributed by atoms with Crippen LogP contribution in [-0.2, 0) is 0 Å². The van der Waals surface area contributed by atoms with E-state index in [0.29, 0.717) is 11.4 Å². The third-order valence-corrected chi connectivity index (χ3v) is 3.03. The molecule has 0 bridgehead atoms. The molecule has 5 heteroatoms. The molecule has 3 aromatic rings. The number of pyridine rings is 1. The number of hydrogen-bond acceptors (Lipinski definition) is 4. The highest BCUT2D eigenvalue weighted by Crippen LogP contribution is 2.20. The van der Waals surface area contributed by atoms with Gasteiger partial charge in [0.05, 0.1) is 0 Å². The summed E-state index contributed by atoms with van der Waals surface area (Å²) in [4.78, 5) is 3.98. The van der Waals surface area contributed by atoms with Crippen LogP contribution in [0.25, 0.3) is 23.4 Å². The Balaban J connectivity index is 1.82. The normalized spacial score (nSPS) is 10.6. The zero-order valence-electron chi connectivity index (χ0n) is 11.1. The molecule has 0 saturated carbocycles. The van der Waals surface area contributed by atoms with Gasteiger partial charge in [0.2, 0.25) is 0 Å². The fraction of sp³-hybridized carbons (Fsp3) is 0. The number of nitriles is 1. The highest BCUT2D eigenvalue weighted by atomic mass is 15.3. The van der Waals surface area contributed by atoms with Gasteiger partial charge >= 0.3 is 0 Å². The van der Waals surface area contributed by atoms with Crippen LogP contribution >= 0.6 is 0 Å². The van der Waals surface area contributed by atoms with Crippen molar-refractivity contribution >= 4 is 12.2 Å². The van der Waals surface area contributed by atoms with E-state index in [9.17, 15) is 0 Å². The minimum Gasteiger partial charge on any atom is -0.265 e. The van der Waals surface area contributed by atoms with E-state index in [2.05, 4.69) is 20.4 Å². The number of rotatable bonds is 3. The summed E-state index contributed by atoms with van der Waals surface area (Å²) in [5.41, 5.74) is 4.00. The number of hydrogen-bond donors (Lipinski definition) is 1. The molecule has 0 spiro atoms. The largest absolute Gasteiger partial charge is 0.265 e. The maximum absolute atomic E-state index is 8.94. The zero-order valence-corrected chi connectivity index (χ0v) is 11.1. The number of nitrogens with one attached hydrogen (secondary N) is 1. The van der Waals surface area contributed by atoms with Gasteiger partial charge in [-0.3, -0.25) is 10.1 Å². The fourth-order valence-corrected chi connectivity index (χ4v) is 1.94. The van der Waals surface area contributed by atoms with Crippen LogP contribution in [0, 0.1) is 11.3 Å². The van der Waals surface area contributed by atoms with Crippen molar-refractivity contribution in [3.63, 3.8) is 0 Å². The number of H-pyrrole nitrogens is 1. The van der Waals surface area contributed by atoms with Crippen molar-refractivity contribution in [2.24, 2.45) is 0 Å². The summed E-state index contributed by atoms with van der Waals surface area (Å²) in [7, 11) is 0. The molecule has 3 rings (SSSR count). The molecule has 21 heavy (non-hydrogen) atoms. The van der Waals surface area contributed by atoms with Crippen molar-refractivity contribution in [1.29, 1.82) is 5.26 Å². The Bertz CT molecular complexity index is 795. The van der Waals surface area contributed by atoms with Gasteiger partial charge in [-0.05, 0) is 23.3 Å². The van der Waals surface area contributed by atoms with Crippen LogP contribution in [0.5, 0.6) is 0 Å². The molecule has 0 aliphatic carbocycles. The third-order valence-electron chi connectivity index (χ3n) is 3.03. The number of benzene rings is 1. The van der Waals surface area contributed by atoms with Crippen molar-refractivity contribution in [2.45, 2.75) is 0 Å². The molecule has 0 aliphatic heterocycles. The van der Waals surface area contributed by atoms with Crippen molar-refractivity contribution in [3.8, 4) is 17.3 Å². The lowest BCUT2D eigenvalue weighted by Crippen LogP contribution is -1.83. The Morgan fingerprint density at radius 1 is 0.952 bits per heavy atom. The summed E-state index contributed by atoms with van der Waals surface area (Å²) in [6, 6.07) is 13.7. The molecule has 2 heterocycles. The molecular weight excluding hydrogens is 262 g/mol. The maximum Gasteiger partial charge on any atom is 0.190 e. The molecular formula is C16H11N5. The second kappa shape index (κ2) is 5.80. The molecule has 1 aromatic carbocycles. The van der Waals surface area contributed by atoms with Crippen LogP contribution in [0.1, 0.15) is 16.8 Å². The molecule has 0 fully saturated rings. The van der Waals surface area contributed by atoms with Crippen LogP contribution in [0.15, 0.2) is 48.8 Å². The molecule has 0 unspecified atom stereocenters. The highest BCUT2D eigenvalue weighted by molar-refractivity contribution is 5.72. The third kappa shape index (κ3) is 2.85. The molecule has 2 aromatic heterocycles. The quantitative estimate of drug-likeness (QED) is 0.795. The predicted molar refractivity (Wildman–Crippen MR) is 79.7 cm³/mol. The first-order chi connectivity index (χ1) is 10.4. The van der Waals surface area contributed by atoms with Crippen molar-refractivity contribution < 1.29 is 0 Å². The van der Waals surface area contributed by atoms with E-state index in [1.807, 2.05) is 54.6 Å². The van der Waals surface area contributed by atoms with Crippen LogP contribution in [0.3, 0.4) is 0 Å². The second-order valence-electron chi connectivity index (χ2n) is 4.38.